The van der Waals surface area contributed by atoms with E-state index in [0.717, 1.165) is 19.4 Å². The molecule has 94 valence electrons. The van der Waals surface area contributed by atoms with E-state index in [4.69, 9.17) is 5.73 Å². The second-order valence-corrected chi connectivity index (χ2v) is 4.82. The molecule has 0 aromatic carbocycles. The minimum atomic E-state index is 0.0165. The molecular formula is C12H24N2O2. The lowest BCUT2D eigenvalue weighted by molar-refractivity contribution is -0.134. The van der Waals surface area contributed by atoms with Gasteiger partial charge in [-0.1, -0.05) is 20.3 Å². The van der Waals surface area contributed by atoms with Gasteiger partial charge in [-0.3, -0.25) is 4.79 Å². The summed E-state index contributed by atoms with van der Waals surface area (Å²) in [5.74, 6) is 0.843. The van der Waals surface area contributed by atoms with Gasteiger partial charge in [0.1, 0.15) is 0 Å². The fourth-order valence-corrected chi connectivity index (χ4v) is 2.35. The summed E-state index contributed by atoms with van der Waals surface area (Å²) < 4.78 is 0. The van der Waals surface area contributed by atoms with Crippen LogP contribution in [0, 0.1) is 11.8 Å². The van der Waals surface area contributed by atoms with Gasteiger partial charge in [0.2, 0.25) is 5.91 Å². The van der Waals surface area contributed by atoms with Crippen LogP contribution in [0.4, 0.5) is 0 Å². The SMILES string of the molecule is CCC(CN)CC(=O)N1CCC(C)C1CO. The van der Waals surface area contributed by atoms with Crippen LogP contribution in [-0.2, 0) is 4.79 Å². The summed E-state index contributed by atoms with van der Waals surface area (Å²) in [6, 6.07) is 0.0165. The number of carbonyl (C=O) groups excluding carboxylic acids is 1. The van der Waals surface area contributed by atoms with Crippen molar-refractivity contribution in [1.29, 1.82) is 0 Å². The lowest BCUT2D eigenvalue weighted by atomic mass is 10.0. The molecule has 0 bridgehead atoms. The minimum absolute atomic E-state index is 0.0165. The highest BCUT2D eigenvalue weighted by Gasteiger charge is 2.33. The summed E-state index contributed by atoms with van der Waals surface area (Å²) in [5.41, 5.74) is 5.60. The first kappa shape index (κ1) is 13.5. The molecule has 1 heterocycles. The van der Waals surface area contributed by atoms with Crippen LogP contribution >= 0.6 is 0 Å². The summed E-state index contributed by atoms with van der Waals surface area (Å²) >= 11 is 0. The highest BCUT2D eigenvalue weighted by molar-refractivity contribution is 5.77. The van der Waals surface area contributed by atoms with Crippen molar-refractivity contribution in [2.45, 2.75) is 39.2 Å². The number of hydrogen-bond acceptors (Lipinski definition) is 3. The van der Waals surface area contributed by atoms with Gasteiger partial charge in [-0.05, 0) is 24.8 Å². The summed E-state index contributed by atoms with van der Waals surface area (Å²) in [7, 11) is 0. The Morgan fingerprint density at radius 1 is 1.62 bits per heavy atom. The Labute approximate surface area is 97.8 Å². The van der Waals surface area contributed by atoms with E-state index in [9.17, 15) is 9.90 Å². The maximum atomic E-state index is 12.0. The Morgan fingerprint density at radius 3 is 2.81 bits per heavy atom. The summed E-state index contributed by atoms with van der Waals surface area (Å²) in [6.45, 7) is 5.57. The van der Waals surface area contributed by atoms with Gasteiger partial charge >= 0.3 is 0 Å². The summed E-state index contributed by atoms with van der Waals surface area (Å²) in [4.78, 5) is 13.9. The zero-order valence-electron chi connectivity index (χ0n) is 10.4. The molecule has 0 aromatic heterocycles. The topological polar surface area (TPSA) is 66.6 Å². The molecule has 0 spiro atoms. The lowest BCUT2D eigenvalue weighted by Crippen LogP contribution is -2.41. The average Bonchev–Trinajstić information content (AvgIpc) is 2.66. The number of aliphatic hydroxyl groups is 1. The van der Waals surface area contributed by atoms with E-state index in [2.05, 4.69) is 13.8 Å². The maximum absolute atomic E-state index is 12.0. The number of hydrogen-bond donors (Lipinski definition) is 2. The smallest absolute Gasteiger partial charge is 0.223 e. The molecule has 3 atom stereocenters. The Kier molecular flexibility index (Phi) is 5.22. The summed E-state index contributed by atoms with van der Waals surface area (Å²) in [6.07, 6.45) is 2.46. The molecule has 4 heteroatoms. The van der Waals surface area contributed by atoms with Gasteiger partial charge in [0.25, 0.3) is 0 Å². The zero-order chi connectivity index (χ0) is 12.1. The van der Waals surface area contributed by atoms with E-state index < -0.39 is 0 Å². The van der Waals surface area contributed by atoms with E-state index in [1.54, 1.807) is 0 Å². The molecule has 4 nitrogen and oxygen atoms in total. The molecule has 1 aliphatic heterocycles. The van der Waals surface area contributed by atoms with E-state index >= 15 is 0 Å². The number of rotatable bonds is 5. The van der Waals surface area contributed by atoms with Crippen LogP contribution in [0.3, 0.4) is 0 Å². The number of likely N-dealkylation sites (tertiary alicyclic amines) is 1. The molecule has 1 aliphatic rings. The fourth-order valence-electron chi connectivity index (χ4n) is 2.35. The number of carbonyl (C=O) groups is 1. The molecule has 16 heavy (non-hydrogen) atoms. The Morgan fingerprint density at radius 2 is 2.31 bits per heavy atom. The van der Waals surface area contributed by atoms with E-state index in [1.807, 2.05) is 4.90 Å². The van der Waals surface area contributed by atoms with E-state index in [0.29, 0.717) is 18.9 Å². The quantitative estimate of drug-likeness (QED) is 0.724. The largest absolute Gasteiger partial charge is 0.394 e. The van der Waals surface area contributed by atoms with Crippen molar-refractivity contribution in [3.8, 4) is 0 Å². The maximum Gasteiger partial charge on any atom is 0.223 e. The lowest BCUT2D eigenvalue weighted by Gasteiger charge is -2.26. The number of nitrogens with zero attached hydrogens (tertiary/aromatic N) is 1. The van der Waals surface area contributed by atoms with Crippen molar-refractivity contribution in [3.05, 3.63) is 0 Å². The van der Waals surface area contributed by atoms with Crippen molar-refractivity contribution in [2.24, 2.45) is 17.6 Å². The van der Waals surface area contributed by atoms with Gasteiger partial charge in [0, 0.05) is 13.0 Å². The molecule has 0 saturated carbocycles. The second kappa shape index (κ2) is 6.21. The van der Waals surface area contributed by atoms with Crippen LogP contribution in [0.2, 0.25) is 0 Å². The number of nitrogens with two attached hydrogens (primary N) is 1. The third-order valence-corrected chi connectivity index (χ3v) is 3.76. The standard InChI is InChI=1S/C12H24N2O2/c1-3-10(7-13)6-12(16)14-5-4-9(2)11(14)8-15/h9-11,15H,3-8,13H2,1-2H3. The molecule has 3 unspecified atom stereocenters. The molecular weight excluding hydrogens is 204 g/mol. The van der Waals surface area contributed by atoms with Crippen molar-refractivity contribution in [2.75, 3.05) is 19.7 Å². The number of aliphatic hydroxyl groups excluding tert-OH is 1. The van der Waals surface area contributed by atoms with Gasteiger partial charge < -0.3 is 15.7 Å². The van der Waals surface area contributed by atoms with Gasteiger partial charge in [-0.25, -0.2) is 0 Å². The van der Waals surface area contributed by atoms with Crippen LogP contribution in [0.5, 0.6) is 0 Å². The molecule has 0 aliphatic carbocycles. The van der Waals surface area contributed by atoms with E-state index in [-0.39, 0.29) is 24.5 Å². The highest BCUT2D eigenvalue weighted by Crippen LogP contribution is 2.25. The predicted octanol–water partition coefficient (Wildman–Crippen LogP) is 0.591. The Bertz CT molecular complexity index is 229. The molecule has 0 aromatic rings. The minimum Gasteiger partial charge on any atom is -0.394 e. The van der Waals surface area contributed by atoms with Crippen LogP contribution in [0.1, 0.15) is 33.1 Å². The van der Waals surface area contributed by atoms with Gasteiger partial charge in [-0.15, -0.1) is 0 Å². The zero-order valence-corrected chi connectivity index (χ0v) is 10.4. The molecule has 1 saturated heterocycles. The van der Waals surface area contributed by atoms with Crippen molar-refractivity contribution >= 4 is 5.91 Å². The molecule has 1 fully saturated rings. The Hall–Kier alpha value is -0.610. The first-order valence-corrected chi connectivity index (χ1v) is 6.24. The first-order chi connectivity index (χ1) is 7.63. The predicted molar refractivity (Wildman–Crippen MR) is 63.8 cm³/mol. The normalized spacial score (nSPS) is 27.1. The van der Waals surface area contributed by atoms with Crippen molar-refractivity contribution in [3.63, 3.8) is 0 Å². The van der Waals surface area contributed by atoms with Gasteiger partial charge in [0.15, 0.2) is 0 Å². The summed E-state index contributed by atoms with van der Waals surface area (Å²) in [5, 5.41) is 9.29. The van der Waals surface area contributed by atoms with Crippen molar-refractivity contribution < 1.29 is 9.90 Å². The molecule has 3 N–H and O–H groups in total. The van der Waals surface area contributed by atoms with Gasteiger partial charge in [-0.2, -0.15) is 0 Å². The van der Waals surface area contributed by atoms with Crippen molar-refractivity contribution in [1.82, 2.24) is 4.90 Å². The molecule has 1 rings (SSSR count). The highest BCUT2D eigenvalue weighted by atomic mass is 16.3. The third-order valence-electron chi connectivity index (χ3n) is 3.76. The van der Waals surface area contributed by atoms with Crippen LogP contribution in [0.15, 0.2) is 0 Å². The fraction of sp³-hybridized carbons (Fsp3) is 0.917. The Balaban J connectivity index is 2.53. The molecule has 0 radical (unpaired) electrons. The average molecular weight is 228 g/mol. The first-order valence-electron chi connectivity index (χ1n) is 6.24. The molecule has 1 amide bonds. The third kappa shape index (κ3) is 2.95. The van der Waals surface area contributed by atoms with Crippen LogP contribution in [0.25, 0.3) is 0 Å². The van der Waals surface area contributed by atoms with E-state index in [1.165, 1.54) is 0 Å². The van der Waals surface area contributed by atoms with Crippen LogP contribution in [-0.4, -0.2) is 41.7 Å². The number of amides is 1. The monoisotopic (exact) mass is 228 g/mol. The van der Waals surface area contributed by atoms with Crippen LogP contribution < -0.4 is 5.73 Å². The van der Waals surface area contributed by atoms with Gasteiger partial charge in [0.05, 0.1) is 12.6 Å². The second-order valence-electron chi connectivity index (χ2n) is 4.82.